The van der Waals surface area contributed by atoms with Gasteiger partial charge in [-0.05, 0) is 49.7 Å². The van der Waals surface area contributed by atoms with Gasteiger partial charge in [-0.25, -0.2) is 13.8 Å². The van der Waals surface area contributed by atoms with Crippen LogP contribution in [0.25, 0.3) is 11.4 Å². The minimum Gasteiger partial charge on any atom is -0.341 e. The molecule has 0 amide bonds. The Morgan fingerprint density at radius 1 is 0.920 bits per heavy atom. The van der Waals surface area contributed by atoms with Crippen LogP contribution in [0.2, 0.25) is 0 Å². The summed E-state index contributed by atoms with van der Waals surface area (Å²) in [4.78, 5) is 7.80. The first-order chi connectivity index (χ1) is 12.2. The minimum atomic E-state index is -0.866. The van der Waals surface area contributed by atoms with E-state index in [4.69, 9.17) is 0 Å². The van der Waals surface area contributed by atoms with Gasteiger partial charge in [-0.15, -0.1) is 0 Å². The summed E-state index contributed by atoms with van der Waals surface area (Å²) in [5.74, 6) is -1.16. The number of benzene rings is 2. The third-order valence-corrected chi connectivity index (χ3v) is 5.07. The zero-order chi connectivity index (χ0) is 17.3. The predicted octanol–water partition coefficient (Wildman–Crippen LogP) is 4.02. The molecule has 1 aliphatic heterocycles. The predicted molar refractivity (Wildman–Crippen MR) is 93.3 cm³/mol. The van der Waals surface area contributed by atoms with Gasteiger partial charge in [0.1, 0.15) is 5.82 Å². The number of nitrogens with one attached hydrogen (secondary N) is 2. The summed E-state index contributed by atoms with van der Waals surface area (Å²) < 4.78 is 26.7. The Labute approximate surface area is 145 Å². The minimum absolute atomic E-state index is 0.143. The molecule has 1 fully saturated rings. The molecule has 2 heterocycles. The average Bonchev–Trinajstić information content (AvgIpc) is 3.16. The number of imidazole rings is 1. The fourth-order valence-corrected chi connectivity index (χ4v) is 3.68. The van der Waals surface area contributed by atoms with Crippen molar-refractivity contribution in [2.24, 2.45) is 0 Å². The molecule has 0 atom stereocenters. The lowest BCUT2D eigenvalue weighted by atomic mass is 9.71. The molecular formula is C20H19F2N3. The van der Waals surface area contributed by atoms with Crippen molar-refractivity contribution in [1.29, 1.82) is 0 Å². The first kappa shape index (κ1) is 16.0. The summed E-state index contributed by atoms with van der Waals surface area (Å²) in [6, 6.07) is 14.2. The van der Waals surface area contributed by atoms with Gasteiger partial charge in [0, 0.05) is 22.9 Å². The fourth-order valence-electron chi connectivity index (χ4n) is 3.68. The number of rotatable bonds is 3. The van der Waals surface area contributed by atoms with Crippen LogP contribution >= 0.6 is 0 Å². The molecule has 0 saturated carbocycles. The molecule has 4 rings (SSSR count). The normalized spacial score (nSPS) is 16.7. The van der Waals surface area contributed by atoms with E-state index in [0.717, 1.165) is 37.7 Å². The van der Waals surface area contributed by atoms with E-state index in [2.05, 4.69) is 27.4 Å². The summed E-state index contributed by atoms with van der Waals surface area (Å²) in [7, 11) is 0. The molecule has 0 unspecified atom stereocenters. The second-order valence-corrected chi connectivity index (χ2v) is 6.47. The fraction of sp³-hybridized carbons (Fsp3) is 0.250. The number of H-pyrrole nitrogens is 1. The highest BCUT2D eigenvalue weighted by Crippen LogP contribution is 2.39. The van der Waals surface area contributed by atoms with Gasteiger partial charge in [0.05, 0.1) is 0 Å². The topological polar surface area (TPSA) is 40.7 Å². The summed E-state index contributed by atoms with van der Waals surface area (Å²) >= 11 is 0. The van der Waals surface area contributed by atoms with Crippen LogP contribution in [0.5, 0.6) is 0 Å². The number of halogens is 2. The molecule has 1 saturated heterocycles. The number of aromatic amines is 1. The zero-order valence-corrected chi connectivity index (χ0v) is 13.7. The number of hydrogen-bond donors (Lipinski definition) is 2. The molecule has 1 aromatic heterocycles. The molecule has 3 aromatic rings. The van der Waals surface area contributed by atoms with E-state index < -0.39 is 11.6 Å². The molecule has 0 bridgehead atoms. The SMILES string of the molecule is Fc1ccc(-c2ncc(C3(c4ccccc4)CCNCC3)[nH]2)cc1F. The Balaban J connectivity index is 1.76. The monoisotopic (exact) mass is 339 g/mol. The van der Waals surface area contributed by atoms with Crippen LogP contribution in [0.15, 0.2) is 54.7 Å². The summed E-state index contributed by atoms with van der Waals surface area (Å²) in [5.41, 5.74) is 2.66. The first-order valence-corrected chi connectivity index (χ1v) is 8.46. The highest BCUT2D eigenvalue weighted by atomic mass is 19.2. The van der Waals surface area contributed by atoms with Crippen molar-refractivity contribution < 1.29 is 8.78 Å². The van der Waals surface area contributed by atoms with Crippen LogP contribution < -0.4 is 5.32 Å². The van der Waals surface area contributed by atoms with Crippen molar-refractivity contribution in [2.45, 2.75) is 18.3 Å². The van der Waals surface area contributed by atoms with Crippen molar-refractivity contribution >= 4 is 0 Å². The van der Waals surface area contributed by atoms with Crippen LogP contribution in [-0.2, 0) is 5.41 Å². The quantitative estimate of drug-likeness (QED) is 0.756. The van der Waals surface area contributed by atoms with E-state index in [0.29, 0.717) is 11.4 Å². The third kappa shape index (κ3) is 2.85. The standard InChI is InChI=1S/C20H19F2N3/c21-16-7-6-14(12-17(16)22)19-24-13-18(25-19)20(8-10-23-11-9-20)15-4-2-1-3-5-15/h1-7,12-13,23H,8-11H2,(H,24,25). The number of aromatic nitrogens is 2. The van der Waals surface area contributed by atoms with Gasteiger partial charge in [-0.2, -0.15) is 0 Å². The van der Waals surface area contributed by atoms with E-state index >= 15 is 0 Å². The molecular weight excluding hydrogens is 320 g/mol. The van der Waals surface area contributed by atoms with Gasteiger partial charge in [-0.3, -0.25) is 0 Å². The third-order valence-electron chi connectivity index (χ3n) is 5.07. The molecule has 0 spiro atoms. The maximum absolute atomic E-state index is 13.5. The van der Waals surface area contributed by atoms with Crippen molar-refractivity contribution in [3.63, 3.8) is 0 Å². The Hall–Kier alpha value is -2.53. The van der Waals surface area contributed by atoms with Gasteiger partial charge < -0.3 is 10.3 Å². The Morgan fingerprint density at radius 2 is 1.68 bits per heavy atom. The zero-order valence-electron chi connectivity index (χ0n) is 13.7. The second kappa shape index (κ2) is 6.41. The summed E-state index contributed by atoms with van der Waals surface area (Å²) in [5, 5.41) is 3.41. The molecule has 5 heteroatoms. The lowest BCUT2D eigenvalue weighted by Gasteiger charge is -2.37. The number of nitrogens with zero attached hydrogens (tertiary/aromatic N) is 1. The number of hydrogen-bond acceptors (Lipinski definition) is 2. The van der Waals surface area contributed by atoms with Crippen LogP contribution in [0.1, 0.15) is 24.1 Å². The number of piperidine rings is 1. The van der Waals surface area contributed by atoms with Crippen molar-refractivity contribution in [3.05, 3.63) is 77.6 Å². The van der Waals surface area contributed by atoms with Gasteiger partial charge in [0.25, 0.3) is 0 Å². The second-order valence-electron chi connectivity index (χ2n) is 6.47. The average molecular weight is 339 g/mol. The highest BCUT2D eigenvalue weighted by molar-refractivity contribution is 5.56. The molecule has 2 N–H and O–H groups in total. The molecule has 25 heavy (non-hydrogen) atoms. The maximum atomic E-state index is 13.5. The van der Waals surface area contributed by atoms with Gasteiger partial charge in [-0.1, -0.05) is 30.3 Å². The Bertz CT molecular complexity index is 868. The molecule has 128 valence electrons. The van der Waals surface area contributed by atoms with E-state index in [-0.39, 0.29) is 5.41 Å². The van der Waals surface area contributed by atoms with Crippen molar-refractivity contribution in [1.82, 2.24) is 15.3 Å². The molecule has 1 aliphatic rings. The van der Waals surface area contributed by atoms with Crippen LogP contribution in [0.4, 0.5) is 8.78 Å². The maximum Gasteiger partial charge on any atom is 0.159 e. The van der Waals surface area contributed by atoms with E-state index in [1.165, 1.54) is 11.6 Å². The van der Waals surface area contributed by atoms with Gasteiger partial charge in [0.2, 0.25) is 0 Å². The van der Waals surface area contributed by atoms with E-state index in [1.54, 1.807) is 6.07 Å². The van der Waals surface area contributed by atoms with Crippen LogP contribution in [0, 0.1) is 11.6 Å². The summed E-state index contributed by atoms with van der Waals surface area (Å²) in [6.45, 7) is 1.85. The largest absolute Gasteiger partial charge is 0.341 e. The first-order valence-electron chi connectivity index (χ1n) is 8.46. The van der Waals surface area contributed by atoms with Crippen molar-refractivity contribution in [2.75, 3.05) is 13.1 Å². The summed E-state index contributed by atoms with van der Waals surface area (Å²) in [6.07, 6.45) is 3.74. The molecule has 0 aliphatic carbocycles. The Morgan fingerprint density at radius 3 is 2.40 bits per heavy atom. The smallest absolute Gasteiger partial charge is 0.159 e. The lowest BCUT2D eigenvalue weighted by molar-refractivity contribution is 0.355. The highest BCUT2D eigenvalue weighted by Gasteiger charge is 2.37. The Kier molecular flexibility index (Phi) is 4.09. The molecule has 3 nitrogen and oxygen atoms in total. The van der Waals surface area contributed by atoms with Crippen LogP contribution in [-0.4, -0.2) is 23.1 Å². The molecule has 0 radical (unpaired) electrons. The van der Waals surface area contributed by atoms with Crippen LogP contribution in [0.3, 0.4) is 0 Å². The van der Waals surface area contributed by atoms with Gasteiger partial charge >= 0.3 is 0 Å². The van der Waals surface area contributed by atoms with Gasteiger partial charge in [0.15, 0.2) is 11.6 Å². The molecule has 2 aromatic carbocycles. The van der Waals surface area contributed by atoms with E-state index in [1.807, 2.05) is 24.4 Å². The lowest BCUT2D eigenvalue weighted by Crippen LogP contribution is -2.41. The van der Waals surface area contributed by atoms with Crippen molar-refractivity contribution in [3.8, 4) is 11.4 Å². The van der Waals surface area contributed by atoms with E-state index in [9.17, 15) is 8.78 Å².